The molecule has 0 aliphatic heterocycles. The molecular formula is C60H44. The van der Waals surface area contributed by atoms with Gasteiger partial charge in [-0.2, -0.15) is 0 Å². The molecule has 0 heterocycles. The zero-order valence-corrected chi connectivity index (χ0v) is 33.7. The second-order valence-corrected chi connectivity index (χ2v) is 18.8. The SMILES string of the molecule is c1ccc(-c2c3ccccc3c(-c3cccc4cc(-c5ccc6cc7c(cc6c5)C5(c6ccc8ccccc8c6-7)C6CC7CC(C6)CC5C7)ccc34)c3ccccc23)cc1. The first-order chi connectivity index (χ1) is 29.7. The topological polar surface area (TPSA) is 0 Å². The summed E-state index contributed by atoms with van der Waals surface area (Å²) in [5.41, 5.74) is 14.2. The Bertz CT molecular complexity index is 3350. The van der Waals surface area contributed by atoms with Gasteiger partial charge in [0, 0.05) is 5.41 Å². The van der Waals surface area contributed by atoms with Crippen molar-refractivity contribution in [3.63, 3.8) is 0 Å². The summed E-state index contributed by atoms with van der Waals surface area (Å²) in [7, 11) is 0. The maximum atomic E-state index is 2.67. The molecule has 60 heavy (non-hydrogen) atoms. The standard InChI is InChI=1S/C60H44/c1-2-12-39(13-3-1)57-50-16-6-8-18-52(50)58(53-19-9-7-17-51(53)57)49-20-10-14-43-32-41(23-25-47(43)49)40-21-22-42-34-54-56(35-44(42)33-40)60(45-28-36-27-37(30-45)31-46(60)29-36)55-26-24-38-11-4-5-15-48(38)59(54)55/h1-26,32-37,45-46H,27-31H2. The Morgan fingerprint density at radius 3 is 1.60 bits per heavy atom. The number of hydrogen-bond donors (Lipinski definition) is 0. The maximum absolute atomic E-state index is 2.67. The second-order valence-electron chi connectivity index (χ2n) is 18.8. The third kappa shape index (κ3) is 4.47. The average molecular weight is 765 g/mol. The molecule has 10 aromatic carbocycles. The van der Waals surface area contributed by atoms with Crippen molar-refractivity contribution in [3.8, 4) is 44.5 Å². The summed E-state index contributed by atoms with van der Waals surface area (Å²) in [6.07, 6.45) is 7.08. The smallest absolute Gasteiger partial charge is 0.0272 e. The van der Waals surface area contributed by atoms with Gasteiger partial charge in [0.2, 0.25) is 0 Å². The van der Waals surface area contributed by atoms with Crippen LogP contribution in [0.2, 0.25) is 0 Å². The van der Waals surface area contributed by atoms with E-state index in [-0.39, 0.29) is 5.41 Å². The maximum Gasteiger partial charge on any atom is 0.0272 e. The minimum atomic E-state index is 0.138. The highest BCUT2D eigenvalue weighted by atomic mass is 14.6. The van der Waals surface area contributed by atoms with Crippen molar-refractivity contribution in [2.24, 2.45) is 23.7 Å². The zero-order chi connectivity index (χ0) is 39.1. The number of rotatable bonds is 3. The van der Waals surface area contributed by atoms with E-state index in [0.29, 0.717) is 0 Å². The van der Waals surface area contributed by atoms with Gasteiger partial charge in [0.1, 0.15) is 0 Å². The fraction of sp³-hybridized carbons (Fsp3) is 0.167. The first kappa shape index (κ1) is 33.3. The predicted molar refractivity (Wildman–Crippen MR) is 254 cm³/mol. The van der Waals surface area contributed by atoms with Gasteiger partial charge >= 0.3 is 0 Å². The number of fused-ring (bicyclic) bond motifs is 9. The number of hydrogen-bond acceptors (Lipinski definition) is 0. The first-order valence-corrected chi connectivity index (χ1v) is 22.3. The van der Waals surface area contributed by atoms with Gasteiger partial charge in [0.15, 0.2) is 0 Å². The molecule has 15 rings (SSSR count). The van der Waals surface area contributed by atoms with E-state index in [1.54, 1.807) is 11.1 Å². The van der Waals surface area contributed by atoms with Gasteiger partial charge in [0.05, 0.1) is 0 Å². The zero-order valence-electron chi connectivity index (χ0n) is 33.7. The lowest BCUT2D eigenvalue weighted by atomic mass is 9.43. The van der Waals surface area contributed by atoms with Crippen LogP contribution in [0.25, 0.3) is 98.4 Å². The minimum Gasteiger partial charge on any atom is -0.0622 e. The van der Waals surface area contributed by atoms with E-state index < -0.39 is 0 Å². The van der Waals surface area contributed by atoms with Crippen LogP contribution >= 0.6 is 0 Å². The van der Waals surface area contributed by atoms with Crippen molar-refractivity contribution in [1.29, 1.82) is 0 Å². The quantitative estimate of drug-likeness (QED) is 0.157. The van der Waals surface area contributed by atoms with Crippen LogP contribution < -0.4 is 0 Å². The molecule has 284 valence electrons. The highest BCUT2D eigenvalue weighted by Gasteiger charge is 2.61. The Morgan fingerprint density at radius 1 is 0.300 bits per heavy atom. The second kappa shape index (κ2) is 12.3. The lowest BCUT2D eigenvalue weighted by Gasteiger charge is -2.61. The summed E-state index contributed by atoms with van der Waals surface area (Å²) in [4.78, 5) is 0. The van der Waals surface area contributed by atoms with E-state index >= 15 is 0 Å². The normalized spacial score (nSPS) is 22.4. The van der Waals surface area contributed by atoms with E-state index in [2.05, 4.69) is 182 Å². The van der Waals surface area contributed by atoms with Gasteiger partial charge in [-0.3, -0.25) is 0 Å². The Kier molecular flexibility index (Phi) is 6.82. The molecule has 0 N–H and O–H groups in total. The molecule has 0 aromatic heterocycles. The fourth-order valence-corrected chi connectivity index (χ4v) is 13.9. The fourth-order valence-electron chi connectivity index (χ4n) is 13.9. The van der Waals surface area contributed by atoms with Crippen molar-refractivity contribution >= 4 is 53.9 Å². The molecule has 0 nitrogen and oxygen atoms in total. The number of benzene rings is 10. The van der Waals surface area contributed by atoms with Gasteiger partial charge in [-0.25, -0.2) is 0 Å². The largest absolute Gasteiger partial charge is 0.0622 e. The molecule has 5 aliphatic carbocycles. The minimum absolute atomic E-state index is 0.138. The molecule has 0 atom stereocenters. The monoisotopic (exact) mass is 764 g/mol. The van der Waals surface area contributed by atoms with Gasteiger partial charge < -0.3 is 0 Å². The van der Waals surface area contributed by atoms with Crippen LogP contribution in [0.5, 0.6) is 0 Å². The van der Waals surface area contributed by atoms with Gasteiger partial charge in [-0.05, 0) is 190 Å². The molecule has 0 amide bonds. The summed E-state index contributed by atoms with van der Waals surface area (Å²) in [6, 6.07) is 69.6. The van der Waals surface area contributed by atoms with Crippen molar-refractivity contribution in [1.82, 2.24) is 0 Å². The van der Waals surface area contributed by atoms with Crippen LogP contribution in [-0.2, 0) is 5.41 Å². The third-order valence-corrected chi connectivity index (χ3v) is 16.0. The van der Waals surface area contributed by atoms with E-state index in [1.807, 2.05) is 0 Å². The predicted octanol–water partition coefficient (Wildman–Crippen LogP) is 16.2. The van der Waals surface area contributed by atoms with E-state index in [9.17, 15) is 0 Å². The van der Waals surface area contributed by atoms with Crippen LogP contribution in [0.3, 0.4) is 0 Å². The lowest BCUT2D eigenvalue weighted by molar-refractivity contribution is -0.0398. The molecule has 0 unspecified atom stereocenters. The van der Waals surface area contributed by atoms with E-state index in [0.717, 1.165) is 23.7 Å². The van der Waals surface area contributed by atoms with Gasteiger partial charge in [0.25, 0.3) is 0 Å². The summed E-state index contributed by atoms with van der Waals surface area (Å²) >= 11 is 0. The van der Waals surface area contributed by atoms with Crippen LogP contribution in [0.4, 0.5) is 0 Å². The molecule has 0 saturated heterocycles. The molecule has 4 bridgehead atoms. The Labute approximate surface area is 351 Å². The summed E-state index contributed by atoms with van der Waals surface area (Å²) in [6.45, 7) is 0. The summed E-state index contributed by atoms with van der Waals surface area (Å²) in [5, 5.41) is 13.2. The summed E-state index contributed by atoms with van der Waals surface area (Å²) < 4.78 is 0. The average Bonchev–Trinajstić information content (AvgIpc) is 3.58. The van der Waals surface area contributed by atoms with Gasteiger partial charge in [-0.15, -0.1) is 0 Å². The molecule has 4 fully saturated rings. The van der Waals surface area contributed by atoms with Crippen LogP contribution in [0, 0.1) is 23.7 Å². The molecule has 0 radical (unpaired) electrons. The molecule has 5 aliphatic rings. The van der Waals surface area contributed by atoms with E-state index in [1.165, 1.54) is 130 Å². The van der Waals surface area contributed by atoms with Crippen LogP contribution in [0.1, 0.15) is 43.2 Å². The Morgan fingerprint density at radius 2 is 0.883 bits per heavy atom. The van der Waals surface area contributed by atoms with Crippen molar-refractivity contribution in [2.45, 2.75) is 37.5 Å². The van der Waals surface area contributed by atoms with Crippen LogP contribution in [-0.4, -0.2) is 0 Å². The first-order valence-electron chi connectivity index (χ1n) is 22.3. The molecular weight excluding hydrogens is 721 g/mol. The molecule has 4 saturated carbocycles. The highest BCUT2D eigenvalue weighted by Crippen LogP contribution is 2.70. The molecule has 10 aromatic rings. The lowest BCUT2D eigenvalue weighted by Crippen LogP contribution is -2.55. The molecule has 0 heteroatoms. The van der Waals surface area contributed by atoms with Crippen molar-refractivity contribution < 1.29 is 0 Å². The Balaban J connectivity index is 0.932. The van der Waals surface area contributed by atoms with Gasteiger partial charge in [-0.1, -0.05) is 158 Å². The molecule has 1 spiro atoms. The van der Waals surface area contributed by atoms with E-state index in [4.69, 9.17) is 0 Å². The highest BCUT2D eigenvalue weighted by molar-refractivity contribution is 6.23. The van der Waals surface area contributed by atoms with Crippen molar-refractivity contribution in [3.05, 3.63) is 193 Å². The van der Waals surface area contributed by atoms with Crippen molar-refractivity contribution in [2.75, 3.05) is 0 Å². The third-order valence-electron chi connectivity index (χ3n) is 16.0. The Hall–Kier alpha value is -6.50. The summed E-state index contributed by atoms with van der Waals surface area (Å²) in [5.74, 6) is 3.35. The van der Waals surface area contributed by atoms with Crippen LogP contribution in [0.15, 0.2) is 182 Å².